The van der Waals surface area contributed by atoms with Crippen molar-refractivity contribution < 1.29 is 9.84 Å². The fourth-order valence-electron chi connectivity index (χ4n) is 2.81. The fourth-order valence-corrected chi connectivity index (χ4v) is 2.98. The summed E-state index contributed by atoms with van der Waals surface area (Å²) in [5, 5.41) is 18.6. The Labute approximate surface area is 158 Å². The second kappa shape index (κ2) is 8.74. The number of para-hydroxylation sites is 1. The summed E-state index contributed by atoms with van der Waals surface area (Å²) in [6.07, 6.45) is 2.73. The van der Waals surface area contributed by atoms with Gasteiger partial charge in [0.1, 0.15) is 0 Å². The third kappa shape index (κ3) is 4.36. The number of hydrogen-bond acceptors (Lipinski definition) is 5. The van der Waals surface area contributed by atoms with Crippen LogP contribution in [0.1, 0.15) is 12.0 Å². The molecule has 6 heteroatoms. The van der Waals surface area contributed by atoms with Gasteiger partial charge in [-0.3, -0.25) is 4.98 Å². The first-order chi connectivity index (χ1) is 12.7. The van der Waals surface area contributed by atoms with Crippen molar-refractivity contribution in [3.05, 3.63) is 59.2 Å². The van der Waals surface area contributed by atoms with Crippen LogP contribution in [-0.2, 0) is 6.54 Å². The molecule has 0 aliphatic carbocycles. The van der Waals surface area contributed by atoms with Crippen LogP contribution in [0.25, 0.3) is 10.9 Å². The summed E-state index contributed by atoms with van der Waals surface area (Å²) >= 11 is 6.02. The quantitative estimate of drug-likeness (QED) is 0.518. The van der Waals surface area contributed by atoms with Gasteiger partial charge in [0, 0.05) is 40.9 Å². The first kappa shape index (κ1) is 18.3. The van der Waals surface area contributed by atoms with Gasteiger partial charge in [-0.1, -0.05) is 23.7 Å². The number of nitrogens with one attached hydrogen (secondary N) is 2. The number of anilines is 1. The molecule has 2 aromatic carbocycles. The lowest BCUT2D eigenvalue weighted by Gasteiger charge is -2.11. The molecule has 0 unspecified atom stereocenters. The summed E-state index contributed by atoms with van der Waals surface area (Å²) in [5.74, 6) is 0.693. The minimum absolute atomic E-state index is 0.197. The van der Waals surface area contributed by atoms with Crippen LogP contribution in [0.2, 0.25) is 5.02 Å². The van der Waals surface area contributed by atoms with Gasteiger partial charge in [-0.2, -0.15) is 0 Å². The predicted molar refractivity (Wildman–Crippen MR) is 106 cm³/mol. The number of benzene rings is 2. The van der Waals surface area contributed by atoms with Crippen LogP contribution in [0.4, 0.5) is 5.69 Å². The molecule has 3 N–H and O–H groups in total. The molecule has 26 heavy (non-hydrogen) atoms. The van der Waals surface area contributed by atoms with Gasteiger partial charge in [0.05, 0.1) is 12.6 Å². The van der Waals surface area contributed by atoms with Crippen LogP contribution in [0, 0.1) is 0 Å². The molecular weight excluding hydrogens is 350 g/mol. The van der Waals surface area contributed by atoms with Crippen molar-refractivity contribution in [1.82, 2.24) is 10.3 Å². The van der Waals surface area contributed by atoms with Gasteiger partial charge in [-0.25, -0.2) is 0 Å². The maximum absolute atomic E-state index is 10.1. The Bertz CT molecular complexity index is 886. The molecule has 0 amide bonds. The minimum Gasteiger partial charge on any atom is -0.504 e. The van der Waals surface area contributed by atoms with Gasteiger partial charge in [-0.05, 0) is 43.3 Å². The second-order valence-electron chi connectivity index (χ2n) is 5.95. The molecule has 0 aliphatic heterocycles. The summed E-state index contributed by atoms with van der Waals surface area (Å²) in [5.41, 5.74) is 2.76. The summed E-state index contributed by atoms with van der Waals surface area (Å²) in [7, 11) is 1.55. The number of ether oxygens (including phenoxy) is 1. The summed E-state index contributed by atoms with van der Waals surface area (Å²) in [6.45, 7) is 2.26. The number of methoxy groups -OCH3 is 1. The SMILES string of the molecule is COc1cccc(CNCCCNc2ccnc3cc(Cl)ccc23)c1O. The molecule has 136 valence electrons. The van der Waals surface area contributed by atoms with Crippen molar-refractivity contribution in [3.63, 3.8) is 0 Å². The highest BCUT2D eigenvalue weighted by atomic mass is 35.5. The lowest BCUT2D eigenvalue weighted by molar-refractivity contribution is 0.369. The van der Waals surface area contributed by atoms with Gasteiger partial charge in [0.15, 0.2) is 11.5 Å². The van der Waals surface area contributed by atoms with Crippen LogP contribution in [-0.4, -0.2) is 30.3 Å². The smallest absolute Gasteiger partial charge is 0.162 e. The zero-order chi connectivity index (χ0) is 18.4. The van der Waals surface area contributed by atoms with E-state index in [0.29, 0.717) is 17.3 Å². The molecular formula is C20H22ClN3O2. The van der Waals surface area contributed by atoms with E-state index in [1.165, 1.54) is 0 Å². The zero-order valence-electron chi connectivity index (χ0n) is 14.6. The van der Waals surface area contributed by atoms with E-state index in [0.717, 1.165) is 41.7 Å². The number of rotatable bonds is 8. The van der Waals surface area contributed by atoms with Gasteiger partial charge >= 0.3 is 0 Å². The lowest BCUT2D eigenvalue weighted by atomic mass is 10.2. The Morgan fingerprint density at radius 3 is 2.88 bits per heavy atom. The summed E-state index contributed by atoms with van der Waals surface area (Å²) in [4.78, 5) is 4.35. The number of pyridine rings is 1. The van der Waals surface area contributed by atoms with Crippen molar-refractivity contribution in [2.24, 2.45) is 0 Å². The lowest BCUT2D eigenvalue weighted by Crippen LogP contribution is -2.17. The predicted octanol–water partition coefficient (Wildman–Crippen LogP) is 4.19. The highest BCUT2D eigenvalue weighted by molar-refractivity contribution is 6.31. The van der Waals surface area contributed by atoms with E-state index in [1.807, 2.05) is 36.4 Å². The Hall–Kier alpha value is -2.50. The zero-order valence-corrected chi connectivity index (χ0v) is 15.4. The Morgan fingerprint density at radius 2 is 2.04 bits per heavy atom. The van der Waals surface area contributed by atoms with Crippen molar-refractivity contribution >= 4 is 28.2 Å². The van der Waals surface area contributed by atoms with Gasteiger partial charge in [0.25, 0.3) is 0 Å². The molecule has 3 aromatic rings. The highest BCUT2D eigenvalue weighted by Crippen LogP contribution is 2.29. The van der Waals surface area contributed by atoms with E-state index in [9.17, 15) is 5.11 Å². The number of phenolic OH excluding ortho intramolecular Hbond substituents is 1. The molecule has 0 atom stereocenters. The maximum Gasteiger partial charge on any atom is 0.162 e. The number of fused-ring (bicyclic) bond motifs is 1. The second-order valence-corrected chi connectivity index (χ2v) is 6.38. The molecule has 0 fully saturated rings. The molecule has 0 spiro atoms. The third-order valence-corrected chi connectivity index (χ3v) is 4.40. The van der Waals surface area contributed by atoms with Crippen LogP contribution < -0.4 is 15.4 Å². The monoisotopic (exact) mass is 371 g/mol. The molecule has 0 saturated carbocycles. The van der Waals surface area contributed by atoms with Crippen LogP contribution in [0.15, 0.2) is 48.7 Å². The largest absolute Gasteiger partial charge is 0.504 e. The number of phenols is 1. The van der Waals surface area contributed by atoms with Crippen molar-refractivity contribution in [1.29, 1.82) is 0 Å². The fraction of sp³-hybridized carbons (Fsp3) is 0.250. The number of halogens is 1. The number of aromatic hydroxyl groups is 1. The molecule has 3 rings (SSSR count). The van der Waals surface area contributed by atoms with Crippen LogP contribution in [0.3, 0.4) is 0 Å². The molecule has 0 radical (unpaired) electrons. The molecule has 0 aliphatic rings. The third-order valence-electron chi connectivity index (χ3n) is 4.17. The van der Waals surface area contributed by atoms with E-state index in [1.54, 1.807) is 19.4 Å². The first-order valence-corrected chi connectivity index (χ1v) is 8.90. The standard InChI is InChI=1S/C20H22ClN3O2/c1-26-19-5-2-4-14(20(19)25)13-22-9-3-10-23-17-8-11-24-18-12-15(21)6-7-16(17)18/h2,4-8,11-12,22,25H,3,9-10,13H2,1H3,(H,23,24). The molecule has 0 bridgehead atoms. The average Bonchev–Trinajstić information content (AvgIpc) is 2.65. The van der Waals surface area contributed by atoms with Gasteiger partial charge in [-0.15, -0.1) is 0 Å². The first-order valence-electron chi connectivity index (χ1n) is 8.53. The van der Waals surface area contributed by atoms with Gasteiger partial charge < -0.3 is 20.5 Å². The summed E-state index contributed by atoms with van der Waals surface area (Å²) < 4.78 is 5.12. The van der Waals surface area contributed by atoms with Crippen molar-refractivity contribution in [2.75, 3.05) is 25.5 Å². The van der Waals surface area contributed by atoms with Crippen molar-refractivity contribution in [2.45, 2.75) is 13.0 Å². The number of nitrogens with zero attached hydrogens (tertiary/aromatic N) is 1. The van der Waals surface area contributed by atoms with Crippen LogP contribution >= 0.6 is 11.6 Å². The van der Waals surface area contributed by atoms with E-state index >= 15 is 0 Å². The Morgan fingerprint density at radius 1 is 1.15 bits per heavy atom. The topological polar surface area (TPSA) is 66.4 Å². The van der Waals surface area contributed by atoms with E-state index < -0.39 is 0 Å². The highest BCUT2D eigenvalue weighted by Gasteiger charge is 2.06. The minimum atomic E-state index is 0.197. The molecule has 0 saturated heterocycles. The number of hydrogen-bond donors (Lipinski definition) is 3. The Kier molecular flexibility index (Phi) is 6.15. The van der Waals surface area contributed by atoms with E-state index in [2.05, 4.69) is 15.6 Å². The van der Waals surface area contributed by atoms with Crippen LogP contribution in [0.5, 0.6) is 11.5 Å². The molecule has 5 nitrogen and oxygen atoms in total. The van der Waals surface area contributed by atoms with E-state index in [-0.39, 0.29) is 5.75 Å². The normalized spacial score (nSPS) is 10.8. The van der Waals surface area contributed by atoms with E-state index in [4.69, 9.17) is 16.3 Å². The molecule has 1 aromatic heterocycles. The molecule has 1 heterocycles. The average molecular weight is 372 g/mol. The Balaban J connectivity index is 1.47. The van der Waals surface area contributed by atoms with Crippen molar-refractivity contribution in [3.8, 4) is 11.5 Å². The maximum atomic E-state index is 10.1. The summed E-state index contributed by atoms with van der Waals surface area (Å²) in [6, 6.07) is 13.2. The van der Waals surface area contributed by atoms with Gasteiger partial charge in [0.2, 0.25) is 0 Å². The number of aromatic nitrogens is 1.